The van der Waals surface area contributed by atoms with E-state index in [1.165, 1.54) is 0 Å². The summed E-state index contributed by atoms with van der Waals surface area (Å²) in [4.78, 5) is 0. The zero-order valence-electron chi connectivity index (χ0n) is 12.1. The van der Waals surface area contributed by atoms with Gasteiger partial charge in [0.2, 0.25) is 0 Å². The molecule has 2 aromatic carbocycles. The highest BCUT2D eigenvalue weighted by Crippen LogP contribution is 2.35. The molecule has 0 aliphatic heterocycles. The Kier molecular flexibility index (Phi) is 5.48. The molecule has 0 unspecified atom stereocenters. The van der Waals surface area contributed by atoms with E-state index in [0.29, 0.717) is 22.1 Å². The third-order valence-corrected chi connectivity index (χ3v) is 4.02. The van der Waals surface area contributed by atoms with Crippen LogP contribution in [0.4, 0.5) is 0 Å². The number of ether oxygens (including phenoxy) is 2. The lowest BCUT2D eigenvalue weighted by Crippen LogP contribution is -1.92. The van der Waals surface area contributed by atoms with E-state index in [0.717, 1.165) is 15.6 Å². The maximum atomic E-state index is 9.41. The summed E-state index contributed by atoms with van der Waals surface area (Å²) in [7, 11) is 3.15. The molecule has 0 atom stereocenters. The molecule has 3 nitrogen and oxygen atoms in total. The van der Waals surface area contributed by atoms with Crippen LogP contribution in [0.3, 0.4) is 0 Å². The molecule has 0 radical (unpaired) electrons. The van der Waals surface area contributed by atoms with Gasteiger partial charge in [-0.2, -0.15) is 5.26 Å². The second-order valence-corrected chi connectivity index (χ2v) is 5.70. The molecule has 0 bridgehead atoms. The van der Waals surface area contributed by atoms with E-state index in [9.17, 15) is 5.26 Å². The highest BCUT2D eigenvalue weighted by Gasteiger charge is 2.10. The molecule has 0 spiro atoms. The smallest absolute Gasteiger partial charge is 0.161 e. The van der Waals surface area contributed by atoms with Crippen molar-refractivity contribution in [1.82, 2.24) is 0 Å². The predicted molar refractivity (Wildman–Crippen MR) is 92.2 cm³/mol. The van der Waals surface area contributed by atoms with Crippen molar-refractivity contribution in [3.63, 3.8) is 0 Å². The molecule has 0 aliphatic carbocycles. The van der Waals surface area contributed by atoms with Gasteiger partial charge in [0.1, 0.15) is 0 Å². The van der Waals surface area contributed by atoms with Gasteiger partial charge in [0.15, 0.2) is 11.5 Å². The molecule has 2 aromatic rings. The Morgan fingerprint density at radius 2 is 1.73 bits per heavy atom. The molecular formula is C17H13BrClNO2. The van der Waals surface area contributed by atoms with Crippen molar-refractivity contribution in [3.05, 3.63) is 57.0 Å². The van der Waals surface area contributed by atoms with Gasteiger partial charge in [0.25, 0.3) is 0 Å². The van der Waals surface area contributed by atoms with Crippen molar-refractivity contribution >= 4 is 39.2 Å². The molecular weight excluding hydrogens is 366 g/mol. The number of hydrogen-bond donors (Lipinski definition) is 0. The number of benzene rings is 2. The average molecular weight is 379 g/mol. The number of nitrogens with zero attached hydrogens (tertiary/aromatic N) is 1. The van der Waals surface area contributed by atoms with Gasteiger partial charge in [-0.3, -0.25) is 0 Å². The molecule has 0 amide bonds. The summed E-state index contributed by atoms with van der Waals surface area (Å²) >= 11 is 9.36. The third-order valence-electron chi connectivity index (χ3n) is 3.08. The summed E-state index contributed by atoms with van der Waals surface area (Å²) in [6.07, 6.45) is 1.79. The maximum absolute atomic E-state index is 9.41. The number of halogens is 2. The standard InChI is InChI=1S/C17H13BrClNO2/c1-21-16-8-12(15(18)9-17(16)22-2)7-13(10-20)11-3-5-14(19)6-4-11/h3-9H,1-2H3/b13-7-. The summed E-state index contributed by atoms with van der Waals surface area (Å²) in [5.41, 5.74) is 2.15. The summed E-state index contributed by atoms with van der Waals surface area (Å²) in [6.45, 7) is 0. The van der Waals surface area contributed by atoms with Gasteiger partial charge in [-0.05, 0) is 41.5 Å². The van der Waals surface area contributed by atoms with Gasteiger partial charge in [0, 0.05) is 9.50 Å². The first-order chi connectivity index (χ1) is 10.6. The van der Waals surface area contributed by atoms with Crippen molar-refractivity contribution in [2.24, 2.45) is 0 Å². The predicted octanol–water partition coefficient (Wildman–Crippen LogP) is 5.18. The zero-order chi connectivity index (χ0) is 16.1. The van der Waals surface area contributed by atoms with Gasteiger partial charge in [0.05, 0.1) is 25.9 Å². The third kappa shape index (κ3) is 3.62. The minimum absolute atomic E-state index is 0.532. The van der Waals surface area contributed by atoms with E-state index in [2.05, 4.69) is 22.0 Å². The fourth-order valence-electron chi connectivity index (χ4n) is 1.95. The Morgan fingerprint density at radius 1 is 1.14 bits per heavy atom. The molecule has 112 valence electrons. The molecule has 22 heavy (non-hydrogen) atoms. The lowest BCUT2D eigenvalue weighted by atomic mass is 10.0. The molecule has 0 aromatic heterocycles. The number of nitriles is 1. The van der Waals surface area contributed by atoms with Crippen LogP contribution in [-0.2, 0) is 0 Å². The second-order valence-electron chi connectivity index (χ2n) is 4.41. The van der Waals surface area contributed by atoms with Crippen molar-refractivity contribution < 1.29 is 9.47 Å². The summed E-state index contributed by atoms with van der Waals surface area (Å²) in [5.74, 6) is 1.22. The van der Waals surface area contributed by atoms with Crippen LogP contribution in [-0.4, -0.2) is 14.2 Å². The molecule has 0 saturated heterocycles. The first-order valence-electron chi connectivity index (χ1n) is 6.38. The Labute approximate surface area is 142 Å². The SMILES string of the molecule is COc1cc(Br)c(/C=C(/C#N)c2ccc(Cl)cc2)cc1OC. The number of allylic oxidation sites excluding steroid dienone is 1. The van der Waals surface area contributed by atoms with E-state index in [4.69, 9.17) is 21.1 Å². The van der Waals surface area contributed by atoms with Gasteiger partial charge in [-0.15, -0.1) is 0 Å². The van der Waals surface area contributed by atoms with Crippen molar-refractivity contribution in [2.45, 2.75) is 0 Å². The van der Waals surface area contributed by atoms with Crippen LogP contribution in [0, 0.1) is 11.3 Å². The van der Waals surface area contributed by atoms with Gasteiger partial charge >= 0.3 is 0 Å². The van der Waals surface area contributed by atoms with Crippen LogP contribution in [0.25, 0.3) is 11.6 Å². The lowest BCUT2D eigenvalue weighted by Gasteiger charge is -2.10. The van der Waals surface area contributed by atoms with Crippen LogP contribution in [0.2, 0.25) is 5.02 Å². The minimum Gasteiger partial charge on any atom is -0.493 e. The van der Waals surface area contributed by atoms with Gasteiger partial charge < -0.3 is 9.47 Å². The lowest BCUT2D eigenvalue weighted by molar-refractivity contribution is 0.354. The minimum atomic E-state index is 0.532. The monoisotopic (exact) mass is 377 g/mol. The Bertz CT molecular complexity index is 748. The summed E-state index contributed by atoms with van der Waals surface area (Å²) in [5, 5.41) is 10.0. The Morgan fingerprint density at radius 3 is 2.27 bits per heavy atom. The summed E-state index contributed by atoms with van der Waals surface area (Å²) in [6, 6.07) is 13.0. The molecule has 0 aliphatic rings. The van der Waals surface area contributed by atoms with E-state index < -0.39 is 0 Å². The van der Waals surface area contributed by atoms with E-state index >= 15 is 0 Å². The fraction of sp³-hybridized carbons (Fsp3) is 0.118. The normalized spacial score (nSPS) is 11.0. The number of rotatable bonds is 4. The molecule has 2 rings (SSSR count). The first-order valence-corrected chi connectivity index (χ1v) is 7.55. The van der Waals surface area contributed by atoms with Crippen molar-refractivity contribution in [3.8, 4) is 17.6 Å². The zero-order valence-corrected chi connectivity index (χ0v) is 14.4. The Hall–Kier alpha value is -1.96. The number of hydrogen-bond acceptors (Lipinski definition) is 3. The van der Waals surface area contributed by atoms with Crippen LogP contribution in [0.1, 0.15) is 11.1 Å². The van der Waals surface area contributed by atoms with Gasteiger partial charge in [-0.25, -0.2) is 0 Å². The van der Waals surface area contributed by atoms with Crippen LogP contribution >= 0.6 is 27.5 Å². The first kappa shape index (κ1) is 16.4. The molecule has 0 N–H and O–H groups in total. The van der Waals surface area contributed by atoms with Crippen LogP contribution in [0.5, 0.6) is 11.5 Å². The van der Waals surface area contributed by atoms with Crippen LogP contribution in [0.15, 0.2) is 40.9 Å². The largest absolute Gasteiger partial charge is 0.493 e. The van der Waals surface area contributed by atoms with E-state index in [1.54, 1.807) is 32.4 Å². The quantitative estimate of drug-likeness (QED) is 0.543. The molecule has 0 saturated carbocycles. The fourth-order valence-corrected chi connectivity index (χ4v) is 2.51. The summed E-state index contributed by atoms with van der Waals surface area (Å²) < 4.78 is 11.4. The number of methoxy groups -OCH3 is 2. The maximum Gasteiger partial charge on any atom is 0.161 e. The average Bonchev–Trinajstić information content (AvgIpc) is 2.54. The van der Waals surface area contributed by atoms with Crippen LogP contribution < -0.4 is 9.47 Å². The molecule has 0 heterocycles. The molecule has 0 fully saturated rings. The van der Waals surface area contributed by atoms with E-state index in [1.807, 2.05) is 24.3 Å². The van der Waals surface area contributed by atoms with Crippen molar-refractivity contribution in [1.29, 1.82) is 5.26 Å². The topological polar surface area (TPSA) is 42.2 Å². The highest BCUT2D eigenvalue weighted by atomic mass is 79.9. The second kappa shape index (κ2) is 7.35. The van der Waals surface area contributed by atoms with E-state index in [-0.39, 0.29) is 0 Å². The van der Waals surface area contributed by atoms with Crippen molar-refractivity contribution in [2.75, 3.05) is 14.2 Å². The Balaban J connectivity index is 2.50. The van der Waals surface area contributed by atoms with Gasteiger partial charge in [-0.1, -0.05) is 39.7 Å². The highest BCUT2D eigenvalue weighted by molar-refractivity contribution is 9.10. The molecule has 5 heteroatoms.